The second kappa shape index (κ2) is 5.91. The Balaban J connectivity index is 2.54. The van der Waals surface area contributed by atoms with Crippen LogP contribution < -0.4 is 10.1 Å². The molecule has 2 rings (SSSR count). The predicted molar refractivity (Wildman–Crippen MR) is 80.3 cm³/mol. The molecule has 0 amide bonds. The summed E-state index contributed by atoms with van der Waals surface area (Å²) in [5, 5.41) is 12.7. The molecule has 98 valence electrons. The van der Waals surface area contributed by atoms with Crippen molar-refractivity contribution >= 4 is 44.2 Å². The summed E-state index contributed by atoms with van der Waals surface area (Å²) in [5.41, 5.74) is 1.59. The highest BCUT2D eigenvalue weighted by atomic mass is 32.2. The largest absolute Gasteiger partial charge is 0.494 e. The number of thioether (sulfide) groups is 1. The molecule has 7 heteroatoms. The lowest BCUT2D eigenvalue weighted by Gasteiger charge is -2.05. The molecule has 1 heterocycles. The first-order valence-electron chi connectivity index (χ1n) is 5.41. The smallest absolute Gasteiger partial charge is 0.183 e. The Morgan fingerprint density at radius 2 is 2.37 bits per heavy atom. The lowest BCUT2D eigenvalue weighted by atomic mass is 10.3. The van der Waals surface area contributed by atoms with Gasteiger partial charge in [-0.2, -0.15) is 5.26 Å². The number of thiazole rings is 1. The molecule has 0 aliphatic heterocycles. The third kappa shape index (κ3) is 2.97. The number of nitrogens with zero attached hydrogens (tertiary/aromatic N) is 3. The Hall–Kier alpha value is -1.78. The van der Waals surface area contributed by atoms with Gasteiger partial charge in [-0.3, -0.25) is 5.32 Å². The summed E-state index contributed by atoms with van der Waals surface area (Å²) in [6, 6.07) is 3.79. The lowest BCUT2D eigenvalue weighted by Crippen LogP contribution is -2.12. The topological polar surface area (TPSA) is 70.3 Å². The van der Waals surface area contributed by atoms with Crippen LogP contribution in [0.2, 0.25) is 0 Å². The van der Waals surface area contributed by atoms with Crippen LogP contribution in [-0.4, -0.2) is 23.5 Å². The molecular formula is C12H12N4OS2. The van der Waals surface area contributed by atoms with Gasteiger partial charge < -0.3 is 4.74 Å². The minimum Gasteiger partial charge on any atom is -0.494 e. The van der Waals surface area contributed by atoms with E-state index in [4.69, 9.17) is 10.00 Å². The number of aryl methyl sites for hydroxylation is 1. The van der Waals surface area contributed by atoms with Gasteiger partial charge in [-0.1, -0.05) is 11.8 Å². The number of benzene rings is 1. The van der Waals surface area contributed by atoms with Crippen molar-refractivity contribution in [3.8, 4) is 11.9 Å². The monoisotopic (exact) mass is 292 g/mol. The summed E-state index contributed by atoms with van der Waals surface area (Å²) in [6.45, 7) is 1.96. The summed E-state index contributed by atoms with van der Waals surface area (Å²) in [4.78, 5) is 8.81. The zero-order chi connectivity index (χ0) is 13.8. The third-order valence-electron chi connectivity index (χ3n) is 2.37. The van der Waals surface area contributed by atoms with Crippen LogP contribution in [0, 0.1) is 18.4 Å². The van der Waals surface area contributed by atoms with E-state index >= 15 is 0 Å². The molecule has 0 atom stereocenters. The van der Waals surface area contributed by atoms with Crippen LogP contribution in [0.25, 0.3) is 10.2 Å². The molecule has 0 spiro atoms. The molecule has 2 aromatic rings. The van der Waals surface area contributed by atoms with Crippen molar-refractivity contribution in [3.05, 3.63) is 17.1 Å². The summed E-state index contributed by atoms with van der Waals surface area (Å²) >= 11 is 2.97. The van der Waals surface area contributed by atoms with E-state index in [0.717, 1.165) is 15.2 Å². The molecule has 0 saturated heterocycles. The Morgan fingerprint density at radius 1 is 1.58 bits per heavy atom. The molecule has 0 aliphatic rings. The first-order valence-corrected chi connectivity index (χ1v) is 7.45. The first kappa shape index (κ1) is 13.6. The highest BCUT2D eigenvalue weighted by Crippen LogP contribution is 2.35. The van der Waals surface area contributed by atoms with Crippen LogP contribution in [0.15, 0.2) is 17.1 Å². The molecule has 0 radical (unpaired) electrons. The fourth-order valence-corrected chi connectivity index (χ4v) is 2.77. The number of nitrogens with one attached hydrogen (secondary N) is 1. The Bertz CT molecular complexity index is 672. The maximum absolute atomic E-state index is 8.65. The maximum Gasteiger partial charge on any atom is 0.183 e. The summed E-state index contributed by atoms with van der Waals surface area (Å²) in [5.74, 6) is 0.643. The predicted octanol–water partition coefficient (Wildman–Crippen LogP) is 3.03. The van der Waals surface area contributed by atoms with Crippen LogP contribution in [0.1, 0.15) is 5.01 Å². The van der Waals surface area contributed by atoms with Crippen molar-refractivity contribution in [1.82, 2.24) is 10.3 Å². The Morgan fingerprint density at radius 3 is 3.00 bits per heavy atom. The highest BCUT2D eigenvalue weighted by molar-refractivity contribution is 8.13. The molecular weight excluding hydrogens is 280 g/mol. The van der Waals surface area contributed by atoms with E-state index in [2.05, 4.69) is 15.3 Å². The molecule has 0 aliphatic carbocycles. The van der Waals surface area contributed by atoms with Crippen molar-refractivity contribution < 1.29 is 4.74 Å². The second-order valence-corrected chi connectivity index (χ2v) is 5.61. The summed E-state index contributed by atoms with van der Waals surface area (Å²) < 4.78 is 6.37. The van der Waals surface area contributed by atoms with Crippen LogP contribution in [0.3, 0.4) is 0 Å². The molecule has 1 N–H and O–H groups in total. The second-order valence-electron chi connectivity index (χ2n) is 3.58. The number of ether oxygens (including phenoxy) is 1. The van der Waals surface area contributed by atoms with Crippen LogP contribution in [0.5, 0.6) is 5.75 Å². The lowest BCUT2D eigenvalue weighted by molar-refractivity contribution is 0.416. The number of nitriles is 1. The molecule has 0 fully saturated rings. The van der Waals surface area contributed by atoms with Gasteiger partial charge in [0.25, 0.3) is 0 Å². The van der Waals surface area contributed by atoms with E-state index in [0.29, 0.717) is 16.6 Å². The molecule has 19 heavy (non-hydrogen) atoms. The van der Waals surface area contributed by atoms with Gasteiger partial charge in [-0.05, 0) is 19.2 Å². The van der Waals surface area contributed by atoms with Gasteiger partial charge >= 0.3 is 0 Å². The molecule has 0 unspecified atom stereocenters. The maximum atomic E-state index is 8.65. The van der Waals surface area contributed by atoms with E-state index in [1.54, 1.807) is 18.4 Å². The summed E-state index contributed by atoms with van der Waals surface area (Å²) in [7, 11) is 1.59. The van der Waals surface area contributed by atoms with Gasteiger partial charge in [0.05, 0.1) is 22.3 Å². The van der Waals surface area contributed by atoms with Crippen LogP contribution >= 0.6 is 23.1 Å². The van der Waals surface area contributed by atoms with E-state index in [1.807, 2.05) is 31.5 Å². The number of aromatic nitrogens is 1. The molecule has 1 aromatic carbocycles. The van der Waals surface area contributed by atoms with Crippen molar-refractivity contribution in [2.75, 3.05) is 13.4 Å². The first-order chi connectivity index (χ1) is 9.17. The quantitative estimate of drug-likeness (QED) is 0.399. The number of fused-ring (bicyclic) bond motifs is 1. The van der Waals surface area contributed by atoms with E-state index < -0.39 is 0 Å². The highest BCUT2D eigenvalue weighted by Gasteiger charge is 2.09. The molecule has 5 nitrogen and oxygen atoms in total. The van der Waals surface area contributed by atoms with Crippen molar-refractivity contribution in [2.24, 2.45) is 4.99 Å². The van der Waals surface area contributed by atoms with Gasteiger partial charge in [-0.15, -0.1) is 11.3 Å². The van der Waals surface area contributed by atoms with Gasteiger partial charge in [0.1, 0.15) is 11.4 Å². The standard InChI is InChI=1S/C12H12N4OS2/c1-7-15-9-4-10(17-2)8(5-11(9)19-7)16-12(18-3)14-6-13/h4-5H,1-3H3,(H,14,16). The average molecular weight is 292 g/mol. The van der Waals surface area contributed by atoms with Crippen molar-refractivity contribution in [3.63, 3.8) is 0 Å². The van der Waals surface area contributed by atoms with Crippen molar-refractivity contribution in [2.45, 2.75) is 6.92 Å². The Labute approximate surface area is 119 Å². The number of rotatable bonds is 2. The van der Waals surface area contributed by atoms with E-state index in [-0.39, 0.29) is 0 Å². The van der Waals surface area contributed by atoms with Crippen LogP contribution in [0.4, 0.5) is 5.69 Å². The number of hydrogen-bond donors (Lipinski definition) is 1. The SMILES string of the molecule is COc1cc2nc(C)sc2cc1N=C(NC#N)SC. The van der Waals surface area contributed by atoms with E-state index in [9.17, 15) is 0 Å². The number of amidine groups is 1. The van der Waals surface area contributed by atoms with Crippen LogP contribution in [-0.2, 0) is 0 Å². The summed E-state index contributed by atoms with van der Waals surface area (Å²) in [6.07, 6.45) is 3.72. The number of aliphatic imine (C=N–C) groups is 1. The third-order valence-corrected chi connectivity index (χ3v) is 3.89. The molecule has 1 aromatic heterocycles. The zero-order valence-electron chi connectivity index (χ0n) is 10.7. The number of hydrogen-bond acceptors (Lipinski definition) is 6. The number of methoxy groups -OCH3 is 1. The van der Waals surface area contributed by atoms with Gasteiger partial charge in [-0.25, -0.2) is 9.98 Å². The average Bonchev–Trinajstić information content (AvgIpc) is 2.76. The fraction of sp³-hybridized carbons (Fsp3) is 0.250. The van der Waals surface area contributed by atoms with Gasteiger partial charge in [0.15, 0.2) is 11.4 Å². The molecule has 0 bridgehead atoms. The van der Waals surface area contributed by atoms with E-state index in [1.165, 1.54) is 11.8 Å². The van der Waals surface area contributed by atoms with Crippen molar-refractivity contribution in [1.29, 1.82) is 5.26 Å². The van der Waals surface area contributed by atoms with Gasteiger partial charge in [0.2, 0.25) is 0 Å². The fourth-order valence-electron chi connectivity index (χ4n) is 1.59. The normalized spacial score (nSPS) is 11.4. The molecule has 0 saturated carbocycles. The van der Waals surface area contributed by atoms with Gasteiger partial charge in [0, 0.05) is 6.07 Å². The minimum absolute atomic E-state index is 0.529. The Kier molecular flexibility index (Phi) is 4.24. The zero-order valence-corrected chi connectivity index (χ0v) is 12.4. The minimum atomic E-state index is 0.529.